The van der Waals surface area contributed by atoms with Crippen molar-refractivity contribution in [1.82, 2.24) is 4.90 Å². The van der Waals surface area contributed by atoms with Crippen LogP contribution in [-0.4, -0.2) is 47.0 Å². The summed E-state index contributed by atoms with van der Waals surface area (Å²) in [6, 6.07) is 15.1. The molecule has 0 aromatic heterocycles. The molecule has 0 aliphatic carbocycles. The summed E-state index contributed by atoms with van der Waals surface area (Å²) in [7, 11) is 1.84. The molecule has 0 radical (unpaired) electrons. The first kappa shape index (κ1) is 22.9. The van der Waals surface area contributed by atoms with E-state index in [4.69, 9.17) is 9.47 Å². The van der Waals surface area contributed by atoms with Crippen molar-refractivity contribution in [2.75, 3.05) is 18.9 Å². The number of benzene rings is 2. The second kappa shape index (κ2) is 8.79. The Kier molecular flexibility index (Phi) is 6.51. The molecule has 1 amide bonds. The number of carbonyl (C=O) groups is 1. The fraction of sp³-hybridized carbons (Fsp3) is 0.480. The zero-order chi connectivity index (χ0) is 22.8. The van der Waals surface area contributed by atoms with Gasteiger partial charge in [-0.05, 0) is 52.7 Å². The first-order valence-corrected chi connectivity index (χ1v) is 10.7. The summed E-state index contributed by atoms with van der Waals surface area (Å²) in [5, 5.41) is 14.4. The standard InChI is InChI=1S/C25H34N2O4/c1-24(2,3)31-23(29)27(15-14-17-10-8-7-9-11-17)21-19-13-12-18(26-6)16-20(19)30-25(4,5)22(21)28/h7-13,16,21-22,26,28H,14-15H2,1-6H3/t21-,22+/m0/s1. The van der Waals surface area contributed by atoms with Gasteiger partial charge >= 0.3 is 6.09 Å². The van der Waals surface area contributed by atoms with Gasteiger partial charge in [0, 0.05) is 30.9 Å². The van der Waals surface area contributed by atoms with E-state index < -0.39 is 29.4 Å². The number of carbonyl (C=O) groups excluding carboxylic acids is 1. The summed E-state index contributed by atoms with van der Waals surface area (Å²) >= 11 is 0. The number of nitrogens with zero attached hydrogens (tertiary/aromatic N) is 1. The topological polar surface area (TPSA) is 71.0 Å². The molecule has 6 nitrogen and oxygen atoms in total. The van der Waals surface area contributed by atoms with Gasteiger partial charge in [0.05, 0.1) is 6.04 Å². The molecule has 2 aromatic carbocycles. The summed E-state index contributed by atoms with van der Waals surface area (Å²) in [6.45, 7) is 9.62. The molecule has 2 N–H and O–H groups in total. The van der Waals surface area contributed by atoms with Crippen LogP contribution in [0.3, 0.4) is 0 Å². The Morgan fingerprint density at radius 1 is 1.19 bits per heavy atom. The van der Waals surface area contributed by atoms with Crippen LogP contribution in [0.2, 0.25) is 0 Å². The second-order valence-corrected chi connectivity index (χ2v) is 9.51. The quantitative estimate of drug-likeness (QED) is 0.720. The van der Waals surface area contributed by atoms with Crippen molar-refractivity contribution >= 4 is 11.8 Å². The van der Waals surface area contributed by atoms with Gasteiger partial charge in [-0.15, -0.1) is 0 Å². The highest BCUT2D eigenvalue weighted by Crippen LogP contribution is 2.44. The maximum absolute atomic E-state index is 13.3. The van der Waals surface area contributed by atoms with Crippen LogP contribution >= 0.6 is 0 Å². The van der Waals surface area contributed by atoms with Crippen molar-refractivity contribution in [1.29, 1.82) is 0 Å². The van der Waals surface area contributed by atoms with Crippen molar-refractivity contribution in [3.63, 3.8) is 0 Å². The largest absolute Gasteiger partial charge is 0.485 e. The number of ether oxygens (including phenoxy) is 2. The monoisotopic (exact) mass is 426 g/mol. The Bertz CT molecular complexity index is 905. The first-order valence-electron chi connectivity index (χ1n) is 10.7. The number of amides is 1. The fourth-order valence-corrected chi connectivity index (χ4v) is 3.81. The van der Waals surface area contributed by atoms with E-state index in [1.165, 1.54) is 0 Å². The van der Waals surface area contributed by atoms with Gasteiger partial charge in [-0.1, -0.05) is 36.4 Å². The molecule has 1 heterocycles. The van der Waals surface area contributed by atoms with Crippen LogP contribution in [0, 0.1) is 0 Å². The van der Waals surface area contributed by atoms with Gasteiger partial charge < -0.3 is 19.9 Å². The van der Waals surface area contributed by atoms with Gasteiger partial charge in [0.2, 0.25) is 0 Å². The van der Waals surface area contributed by atoms with Crippen LogP contribution < -0.4 is 10.1 Å². The molecule has 0 fully saturated rings. The van der Waals surface area contributed by atoms with E-state index in [1.807, 2.05) is 90.2 Å². The van der Waals surface area contributed by atoms with Gasteiger partial charge in [-0.2, -0.15) is 0 Å². The average molecular weight is 427 g/mol. The lowest BCUT2D eigenvalue weighted by Gasteiger charge is -2.46. The highest BCUT2D eigenvalue weighted by Gasteiger charge is 2.47. The first-order chi connectivity index (χ1) is 14.5. The van der Waals surface area contributed by atoms with Gasteiger partial charge in [-0.25, -0.2) is 4.79 Å². The van der Waals surface area contributed by atoms with E-state index >= 15 is 0 Å². The summed E-state index contributed by atoms with van der Waals surface area (Å²) in [5.41, 5.74) is 1.26. The number of fused-ring (bicyclic) bond motifs is 1. The predicted octanol–water partition coefficient (Wildman–Crippen LogP) is 4.78. The smallest absolute Gasteiger partial charge is 0.410 e. The average Bonchev–Trinajstić information content (AvgIpc) is 2.69. The molecular formula is C25H34N2O4. The van der Waals surface area contributed by atoms with E-state index in [1.54, 1.807) is 4.90 Å². The molecular weight excluding hydrogens is 392 g/mol. The van der Waals surface area contributed by atoms with Crippen molar-refractivity contribution in [2.45, 2.75) is 64.4 Å². The van der Waals surface area contributed by atoms with Crippen LogP contribution in [0.1, 0.15) is 51.8 Å². The lowest BCUT2D eigenvalue weighted by atomic mass is 9.85. The molecule has 6 heteroatoms. The Morgan fingerprint density at radius 2 is 1.87 bits per heavy atom. The van der Waals surface area contributed by atoms with Crippen molar-refractivity contribution < 1.29 is 19.4 Å². The van der Waals surface area contributed by atoms with Gasteiger partial charge in [-0.3, -0.25) is 4.90 Å². The minimum absolute atomic E-state index is 0.407. The number of aliphatic hydroxyl groups is 1. The molecule has 2 atom stereocenters. The fourth-order valence-electron chi connectivity index (χ4n) is 3.81. The van der Waals surface area contributed by atoms with Gasteiger partial charge in [0.25, 0.3) is 0 Å². The Morgan fingerprint density at radius 3 is 2.48 bits per heavy atom. The highest BCUT2D eigenvalue weighted by molar-refractivity contribution is 5.70. The Labute approximate surface area is 185 Å². The molecule has 0 spiro atoms. The molecule has 31 heavy (non-hydrogen) atoms. The number of rotatable bonds is 5. The van der Waals surface area contributed by atoms with Crippen molar-refractivity contribution in [2.24, 2.45) is 0 Å². The van der Waals surface area contributed by atoms with E-state index in [0.29, 0.717) is 18.7 Å². The van der Waals surface area contributed by atoms with Crippen LogP contribution in [0.5, 0.6) is 5.75 Å². The summed E-state index contributed by atoms with van der Waals surface area (Å²) in [4.78, 5) is 15.0. The zero-order valence-electron chi connectivity index (χ0n) is 19.3. The summed E-state index contributed by atoms with van der Waals surface area (Å²) in [5.74, 6) is 0.653. The lowest BCUT2D eigenvalue weighted by Crippen LogP contribution is -2.55. The van der Waals surface area contributed by atoms with Crippen LogP contribution in [0.4, 0.5) is 10.5 Å². The minimum atomic E-state index is -0.927. The molecule has 3 rings (SSSR count). The lowest BCUT2D eigenvalue weighted by molar-refractivity contribution is -0.0937. The summed E-state index contributed by atoms with van der Waals surface area (Å²) in [6.07, 6.45) is -0.730. The van der Waals surface area contributed by atoms with E-state index in [-0.39, 0.29) is 0 Å². The molecule has 1 aliphatic heterocycles. The Hall–Kier alpha value is -2.73. The number of anilines is 1. The molecule has 1 aliphatic rings. The third-order valence-electron chi connectivity index (χ3n) is 5.45. The second-order valence-electron chi connectivity index (χ2n) is 9.51. The normalized spacial score (nSPS) is 19.7. The SMILES string of the molecule is CNc1ccc2c(c1)OC(C)(C)[C@H](O)[C@H]2N(CCc1ccccc1)C(=O)OC(C)(C)C. The third-order valence-corrected chi connectivity index (χ3v) is 5.45. The van der Waals surface area contributed by atoms with Crippen molar-refractivity contribution in [3.8, 4) is 5.75 Å². The molecule has 0 saturated carbocycles. The maximum Gasteiger partial charge on any atom is 0.410 e. The molecule has 168 valence electrons. The summed E-state index contributed by atoms with van der Waals surface area (Å²) < 4.78 is 11.9. The number of nitrogens with one attached hydrogen (secondary N) is 1. The predicted molar refractivity (Wildman–Crippen MR) is 123 cm³/mol. The van der Waals surface area contributed by atoms with Crippen LogP contribution in [0.15, 0.2) is 48.5 Å². The van der Waals surface area contributed by atoms with Crippen molar-refractivity contribution in [3.05, 3.63) is 59.7 Å². The van der Waals surface area contributed by atoms with E-state index in [2.05, 4.69) is 5.32 Å². The third kappa shape index (κ3) is 5.31. The molecule has 0 saturated heterocycles. The molecule has 2 aromatic rings. The zero-order valence-corrected chi connectivity index (χ0v) is 19.3. The number of hydrogen-bond donors (Lipinski definition) is 2. The van der Waals surface area contributed by atoms with E-state index in [0.717, 1.165) is 16.8 Å². The molecule has 0 unspecified atom stereocenters. The highest BCUT2D eigenvalue weighted by atomic mass is 16.6. The minimum Gasteiger partial charge on any atom is -0.485 e. The van der Waals surface area contributed by atoms with Gasteiger partial charge in [0.15, 0.2) is 0 Å². The van der Waals surface area contributed by atoms with E-state index in [9.17, 15) is 9.90 Å². The van der Waals surface area contributed by atoms with Crippen LogP contribution in [0.25, 0.3) is 0 Å². The van der Waals surface area contributed by atoms with Gasteiger partial charge in [0.1, 0.15) is 23.1 Å². The number of hydrogen-bond acceptors (Lipinski definition) is 5. The molecule has 0 bridgehead atoms. The van der Waals surface area contributed by atoms with Crippen LogP contribution in [-0.2, 0) is 11.2 Å². The Balaban J connectivity index is 2.02. The number of aliphatic hydroxyl groups excluding tert-OH is 1. The maximum atomic E-state index is 13.3.